The second-order valence-corrected chi connectivity index (χ2v) is 13.6. The third kappa shape index (κ3) is 4.56. The van der Waals surface area contributed by atoms with Crippen molar-refractivity contribution in [2.75, 3.05) is 4.90 Å². The first-order valence-electron chi connectivity index (χ1n) is 18.0. The second kappa shape index (κ2) is 12.3. The topological polar surface area (TPSA) is 3.24 Å². The zero-order valence-electron chi connectivity index (χ0n) is 28.7. The molecule has 0 atom stereocenters. The highest BCUT2D eigenvalue weighted by Crippen LogP contribution is 2.59. The Morgan fingerprint density at radius 2 is 0.731 bits per heavy atom. The molecule has 2 aliphatic rings. The number of nitrogens with zero attached hydrogens (tertiary/aromatic N) is 1. The zero-order chi connectivity index (χ0) is 34.5. The second-order valence-electron chi connectivity index (χ2n) is 13.6. The summed E-state index contributed by atoms with van der Waals surface area (Å²) in [5.74, 6) is 0. The van der Waals surface area contributed by atoms with Crippen molar-refractivity contribution in [3.8, 4) is 33.4 Å². The van der Waals surface area contributed by atoms with E-state index in [4.69, 9.17) is 0 Å². The third-order valence-corrected chi connectivity index (χ3v) is 10.9. The van der Waals surface area contributed by atoms with Gasteiger partial charge in [-0.2, -0.15) is 0 Å². The van der Waals surface area contributed by atoms with Crippen LogP contribution in [0.15, 0.2) is 200 Å². The normalized spacial score (nSPS) is 13.1. The van der Waals surface area contributed by atoms with E-state index < -0.39 is 5.41 Å². The SMILES string of the molecule is C1=Cc2ccccc2C2(c3ccccc31)c1ccccc1-c1cc(N(c3ccccc3-c3ccccc3)c3ccccc3-c3ccccc3)ccc12. The summed E-state index contributed by atoms with van der Waals surface area (Å²) in [6.45, 7) is 0. The van der Waals surface area contributed by atoms with E-state index in [-0.39, 0.29) is 0 Å². The number of rotatable bonds is 5. The predicted molar refractivity (Wildman–Crippen MR) is 218 cm³/mol. The molecule has 0 aromatic heterocycles. The minimum Gasteiger partial charge on any atom is -0.309 e. The zero-order valence-corrected chi connectivity index (χ0v) is 28.7. The first-order chi connectivity index (χ1) is 25.8. The van der Waals surface area contributed by atoms with Crippen LogP contribution in [0, 0.1) is 0 Å². The molecule has 1 heteroatoms. The van der Waals surface area contributed by atoms with Crippen molar-refractivity contribution in [2.45, 2.75) is 5.41 Å². The molecule has 0 bridgehead atoms. The van der Waals surface area contributed by atoms with Gasteiger partial charge >= 0.3 is 0 Å². The molecule has 0 aliphatic heterocycles. The molecular weight excluding hydrogens is 627 g/mol. The van der Waals surface area contributed by atoms with Gasteiger partial charge in [-0.25, -0.2) is 0 Å². The van der Waals surface area contributed by atoms with Crippen LogP contribution in [-0.4, -0.2) is 0 Å². The molecule has 52 heavy (non-hydrogen) atoms. The third-order valence-electron chi connectivity index (χ3n) is 10.9. The lowest BCUT2D eigenvalue weighted by molar-refractivity contribution is 0.766. The van der Waals surface area contributed by atoms with Crippen molar-refractivity contribution in [1.82, 2.24) is 0 Å². The smallest absolute Gasteiger partial charge is 0.0725 e. The first kappa shape index (κ1) is 30.2. The quantitative estimate of drug-likeness (QED) is 0.177. The number of hydrogen-bond acceptors (Lipinski definition) is 1. The maximum Gasteiger partial charge on any atom is 0.0725 e. The van der Waals surface area contributed by atoms with Crippen LogP contribution in [-0.2, 0) is 5.41 Å². The Hall–Kier alpha value is -6.70. The summed E-state index contributed by atoms with van der Waals surface area (Å²) in [6, 6.07) is 73.2. The number of benzene rings is 8. The molecule has 0 radical (unpaired) electrons. The molecule has 0 unspecified atom stereocenters. The molecule has 0 amide bonds. The molecule has 0 saturated carbocycles. The Morgan fingerprint density at radius 1 is 0.308 bits per heavy atom. The van der Waals surface area contributed by atoms with Crippen LogP contribution in [0.2, 0.25) is 0 Å². The summed E-state index contributed by atoms with van der Waals surface area (Å²) in [5, 5.41) is 0. The molecule has 0 N–H and O–H groups in total. The van der Waals surface area contributed by atoms with Gasteiger partial charge in [0.2, 0.25) is 0 Å². The molecule has 0 heterocycles. The average Bonchev–Trinajstić information content (AvgIpc) is 3.42. The van der Waals surface area contributed by atoms with Gasteiger partial charge in [0.25, 0.3) is 0 Å². The maximum atomic E-state index is 2.47. The minimum absolute atomic E-state index is 0.462. The number of fused-ring (bicyclic) bond motifs is 9. The summed E-state index contributed by atoms with van der Waals surface area (Å²) >= 11 is 0. The Kier molecular flexibility index (Phi) is 7.11. The van der Waals surface area contributed by atoms with E-state index in [1.54, 1.807) is 0 Å². The van der Waals surface area contributed by atoms with Gasteiger partial charge in [0.1, 0.15) is 0 Å². The first-order valence-corrected chi connectivity index (χ1v) is 18.0. The Balaban J connectivity index is 1.27. The van der Waals surface area contributed by atoms with Crippen molar-refractivity contribution in [3.63, 3.8) is 0 Å². The Bertz CT molecular complexity index is 2500. The van der Waals surface area contributed by atoms with E-state index in [1.807, 2.05) is 0 Å². The summed E-state index contributed by atoms with van der Waals surface area (Å²) < 4.78 is 0. The monoisotopic (exact) mass is 661 g/mol. The number of anilines is 3. The van der Waals surface area contributed by atoms with Crippen LogP contribution in [0.3, 0.4) is 0 Å². The molecule has 1 nitrogen and oxygen atoms in total. The molecule has 244 valence electrons. The lowest BCUT2D eigenvalue weighted by Crippen LogP contribution is -2.29. The molecule has 0 fully saturated rings. The highest BCUT2D eigenvalue weighted by atomic mass is 15.1. The van der Waals surface area contributed by atoms with E-state index >= 15 is 0 Å². The molecule has 10 rings (SSSR count). The van der Waals surface area contributed by atoms with E-state index in [2.05, 4.69) is 217 Å². The lowest BCUT2D eigenvalue weighted by Gasteiger charge is -2.35. The van der Waals surface area contributed by atoms with Crippen LogP contribution < -0.4 is 4.90 Å². The number of hydrogen-bond donors (Lipinski definition) is 0. The Labute approximate surface area is 305 Å². The Morgan fingerprint density at radius 3 is 1.29 bits per heavy atom. The van der Waals surface area contributed by atoms with Gasteiger partial charge in [0, 0.05) is 16.8 Å². The fourth-order valence-corrected chi connectivity index (χ4v) is 8.75. The van der Waals surface area contributed by atoms with E-state index in [1.165, 1.54) is 66.8 Å². The van der Waals surface area contributed by atoms with Gasteiger partial charge in [-0.3, -0.25) is 0 Å². The van der Waals surface area contributed by atoms with E-state index in [9.17, 15) is 0 Å². The van der Waals surface area contributed by atoms with Crippen molar-refractivity contribution in [1.29, 1.82) is 0 Å². The summed E-state index contributed by atoms with van der Waals surface area (Å²) in [4.78, 5) is 2.47. The molecule has 8 aromatic rings. The highest BCUT2D eigenvalue weighted by Gasteiger charge is 2.48. The average molecular weight is 662 g/mol. The lowest BCUT2D eigenvalue weighted by atomic mass is 9.66. The van der Waals surface area contributed by atoms with Gasteiger partial charge in [-0.05, 0) is 79.9 Å². The van der Waals surface area contributed by atoms with Gasteiger partial charge in [0.05, 0.1) is 16.8 Å². The molecular formula is C51H35N. The van der Waals surface area contributed by atoms with Gasteiger partial charge in [-0.1, -0.05) is 188 Å². The van der Waals surface area contributed by atoms with E-state index in [0.717, 1.165) is 17.1 Å². The van der Waals surface area contributed by atoms with Crippen LogP contribution in [0.5, 0.6) is 0 Å². The summed E-state index contributed by atoms with van der Waals surface area (Å²) in [7, 11) is 0. The van der Waals surface area contributed by atoms with Crippen LogP contribution in [0.1, 0.15) is 33.4 Å². The van der Waals surface area contributed by atoms with Crippen LogP contribution >= 0.6 is 0 Å². The molecule has 8 aromatic carbocycles. The minimum atomic E-state index is -0.462. The summed E-state index contributed by atoms with van der Waals surface area (Å²) in [5.41, 5.74) is 18.0. The fourth-order valence-electron chi connectivity index (χ4n) is 8.75. The van der Waals surface area contributed by atoms with E-state index in [0.29, 0.717) is 0 Å². The maximum absolute atomic E-state index is 2.47. The van der Waals surface area contributed by atoms with Crippen molar-refractivity contribution in [2.24, 2.45) is 0 Å². The van der Waals surface area contributed by atoms with Gasteiger partial charge in [-0.15, -0.1) is 0 Å². The summed E-state index contributed by atoms with van der Waals surface area (Å²) in [6.07, 6.45) is 4.58. The van der Waals surface area contributed by atoms with Crippen molar-refractivity contribution in [3.05, 3.63) is 234 Å². The van der Waals surface area contributed by atoms with Crippen LogP contribution in [0.25, 0.3) is 45.5 Å². The predicted octanol–water partition coefficient (Wildman–Crippen LogP) is 13.3. The molecule has 1 spiro atoms. The fraction of sp³-hybridized carbons (Fsp3) is 0.0196. The number of para-hydroxylation sites is 2. The van der Waals surface area contributed by atoms with Gasteiger partial charge in [0.15, 0.2) is 0 Å². The highest BCUT2D eigenvalue weighted by molar-refractivity contribution is 5.97. The largest absolute Gasteiger partial charge is 0.309 e. The standard InChI is InChI=1S/C51H35N/c1-3-17-36(18-4-1)41-23-10-15-29-49(41)52(50-30-16-11-24-42(50)37-19-5-2-6-20-37)40-33-34-48-44(35-40)43-25-9-14-28-47(43)51(48)45-26-12-7-21-38(45)31-32-39-22-8-13-27-46(39)51/h1-35H. The van der Waals surface area contributed by atoms with Crippen molar-refractivity contribution >= 4 is 29.2 Å². The molecule has 0 saturated heterocycles. The van der Waals surface area contributed by atoms with Crippen molar-refractivity contribution < 1.29 is 0 Å². The molecule has 2 aliphatic carbocycles. The van der Waals surface area contributed by atoms with Crippen LogP contribution in [0.4, 0.5) is 17.1 Å². The van der Waals surface area contributed by atoms with Gasteiger partial charge < -0.3 is 4.90 Å².